The van der Waals surface area contributed by atoms with Crippen LogP contribution in [0.4, 0.5) is 15.8 Å². The van der Waals surface area contributed by atoms with Crippen molar-refractivity contribution in [2.45, 2.75) is 6.54 Å². The van der Waals surface area contributed by atoms with E-state index in [4.69, 9.17) is 22.1 Å². The van der Waals surface area contributed by atoms with Gasteiger partial charge in [0.25, 0.3) is 0 Å². The average molecular weight is 282 g/mol. The minimum absolute atomic E-state index is 0.00849. The van der Waals surface area contributed by atoms with E-state index < -0.39 is 5.82 Å². The third kappa shape index (κ3) is 3.26. The number of methoxy groups -OCH3 is 1. The minimum Gasteiger partial charge on any atom is -0.481 e. The molecule has 2 aromatic rings. The molecule has 0 bridgehead atoms. The summed E-state index contributed by atoms with van der Waals surface area (Å²) in [5, 5.41) is 3.04. The Labute approximate surface area is 115 Å². The topological polar surface area (TPSA) is 60.2 Å². The number of anilines is 2. The van der Waals surface area contributed by atoms with Gasteiger partial charge in [-0.1, -0.05) is 17.7 Å². The van der Waals surface area contributed by atoms with Crippen molar-refractivity contribution in [1.29, 1.82) is 0 Å². The molecule has 0 unspecified atom stereocenters. The highest BCUT2D eigenvalue weighted by atomic mass is 35.5. The first kappa shape index (κ1) is 13.4. The van der Waals surface area contributed by atoms with Gasteiger partial charge in [-0.3, -0.25) is 0 Å². The summed E-state index contributed by atoms with van der Waals surface area (Å²) in [6.45, 7) is 0.474. The van der Waals surface area contributed by atoms with E-state index >= 15 is 0 Å². The van der Waals surface area contributed by atoms with Gasteiger partial charge in [-0.15, -0.1) is 0 Å². The fourth-order valence-corrected chi connectivity index (χ4v) is 1.72. The number of nitrogens with zero attached hydrogens (tertiary/aromatic N) is 1. The van der Waals surface area contributed by atoms with Crippen LogP contribution in [0.2, 0.25) is 5.02 Å². The number of nitrogens with one attached hydrogen (secondary N) is 1. The van der Waals surface area contributed by atoms with Gasteiger partial charge in [-0.05, 0) is 11.6 Å². The van der Waals surface area contributed by atoms with Crippen molar-refractivity contribution in [3.63, 3.8) is 0 Å². The number of benzene rings is 1. The van der Waals surface area contributed by atoms with Crippen LogP contribution in [-0.4, -0.2) is 12.1 Å². The zero-order valence-corrected chi connectivity index (χ0v) is 11.0. The molecule has 0 saturated heterocycles. The zero-order valence-electron chi connectivity index (χ0n) is 10.3. The van der Waals surface area contributed by atoms with Crippen molar-refractivity contribution in [3.8, 4) is 5.88 Å². The third-order valence-electron chi connectivity index (χ3n) is 2.58. The Kier molecular flexibility index (Phi) is 4.06. The standard InChI is InChI=1S/C13H13ClFN3O/c1-19-13-3-2-8(7-18-13)6-17-12-5-10(15)9(14)4-11(12)16/h2-5,7,17H,6,16H2,1H3. The van der Waals surface area contributed by atoms with E-state index in [1.54, 1.807) is 19.4 Å². The van der Waals surface area contributed by atoms with Crippen LogP contribution < -0.4 is 15.8 Å². The van der Waals surface area contributed by atoms with E-state index in [1.165, 1.54) is 12.1 Å². The molecule has 0 aliphatic heterocycles. The van der Waals surface area contributed by atoms with Crippen LogP contribution in [-0.2, 0) is 6.54 Å². The van der Waals surface area contributed by atoms with E-state index in [0.717, 1.165) is 5.56 Å². The number of nitrogen functional groups attached to an aromatic ring is 1. The lowest BCUT2D eigenvalue weighted by Crippen LogP contribution is -2.03. The Balaban J connectivity index is 2.07. The fourth-order valence-electron chi connectivity index (χ4n) is 1.55. The van der Waals surface area contributed by atoms with Gasteiger partial charge in [0.1, 0.15) is 5.82 Å². The van der Waals surface area contributed by atoms with Gasteiger partial charge in [0.05, 0.1) is 23.5 Å². The molecule has 0 fully saturated rings. The molecule has 6 heteroatoms. The summed E-state index contributed by atoms with van der Waals surface area (Å²) in [5.41, 5.74) is 7.57. The van der Waals surface area contributed by atoms with Crippen molar-refractivity contribution >= 4 is 23.0 Å². The lowest BCUT2D eigenvalue weighted by atomic mass is 10.2. The molecular formula is C13H13ClFN3O. The summed E-state index contributed by atoms with van der Waals surface area (Å²) in [4.78, 5) is 4.07. The van der Waals surface area contributed by atoms with Crippen molar-refractivity contribution < 1.29 is 9.13 Å². The molecular weight excluding hydrogens is 269 g/mol. The molecule has 0 saturated carbocycles. The SMILES string of the molecule is COc1ccc(CNc2cc(F)c(Cl)cc2N)cn1. The second-order valence-corrected chi connectivity index (χ2v) is 4.32. The summed E-state index contributed by atoms with van der Waals surface area (Å²) in [6, 6.07) is 6.27. The Morgan fingerprint density at radius 1 is 1.42 bits per heavy atom. The number of aromatic nitrogens is 1. The van der Waals surface area contributed by atoms with Gasteiger partial charge in [0.15, 0.2) is 0 Å². The van der Waals surface area contributed by atoms with E-state index in [9.17, 15) is 4.39 Å². The maximum Gasteiger partial charge on any atom is 0.212 e. The van der Waals surface area contributed by atoms with Crippen LogP contribution in [0.15, 0.2) is 30.5 Å². The van der Waals surface area contributed by atoms with E-state index in [0.29, 0.717) is 23.8 Å². The molecule has 3 N–H and O–H groups in total. The summed E-state index contributed by atoms with van der Waals surface area (Å²) in [6.07, 6.45) is 1.67. The predicted molar refractivity (Wildman–Crippen MR) is 73.9 cm³/mol. The smallest absolute Gasteiger partial charge is 0.212 e. The number of halogens is 2. The maximum absolute atomic E-state index is 13.3. The second-order valence-electron chi connectivity index (χ2n) is 3.92. The van der Waals surface area contributed by atoms with Gasteiger partial charge >= 0.3 is 0 Å². The lowest BCUT2D eigenvalue weighted by Gasteiger charge is -2.10. The molecule has 0 aliphatic rings. The van der Waals surface area contributed by atoms with E-state index in [-0.39, 0.29) is 5.02 Å². The first-order valence-corrected chi connectivity index (χ1v) is 5.95. The average Bonchev–Trinajstić information content (AvgIpc) is 2.42. The number of nitrogens with two attached hydrogens (primary N) is 1. The molecule has 0 amide bonds. The molecule has 2 rings (SSSR count). The van der Waals surface area contributed by atoms with Crippen LogP contribution >= 0.6 is 11.6 Å². The predicted octanol–water partition coefficient (Wildman–Crippen LogP) is 3.08. The summed E-state index contributed by atoms with van der Waals surface area (Å²) < 4.78 is 18.3. The quantitative estimate of drug-likeness (QED) is 0.846. The molecule has 0 atom stereocenters. The highest BCUT2D eigenvalue weighted by molar-refractivity contribution is 6.31. The van der Waals surface area contributed by atoms with Crippen LogP contribution in [0, 0.1) is 5.82 Å². The summed E-state index contributed by atoms with van der Waals surface area (Å²) in [5.74, 6) is 0.0343. The Bertz CT molecular complexity index is 575. The molecule has 19 heavy (non-hydrogen) atoms. The van der Waals surface area contributed by atoms with Crippen LogP contribution in [0.1, 0.15) is 5.56 Å². The van der Waals surface area contributed by atoms with Gasteiger partial charge in [-0.25, -0.2) is 9.37 Å². The molecule has 1 aromatic carbocycles. The van der Waals surface area contributed by atoms with Gasteiger partial charge in [0, 0.05) is 24.9 Å². The first-order valence-electron chi connectivity index (χ1n) is 5.57. The van der Waals surface area contributed by atoms with Gasteiger partial charge in [-0.2, -0.15) is 0 Å². The second kappa shape index (κ2) is 5.75. The number of pyridine rings is 1. The summed E-state index contributed by atoms with van der Waals surface area (Å²) in [7, 11) is 1.55. The molecule has 0 radical (unpaired) electrons. The fraction of sp³-hybridized carbons (Fsp3) is 0.154. The molecule has 0 spiro atoms. The zero-order chi connectivity index (χ0) is 13.8. The van der Waals surface area contributed by atoms with E-state index in [2.05, 4.69) is 10.3 Å². The minimum atomic E-state index is -0.508. The van der Waals surface area contributed by atoms with Crippen molar-refractivity contribution in [3.05, 3.63) is 46.9 Å². The van der Waals surface area contributed by atoms with Crippen LogP contribution in [0.5, 0.6) is 5.88 Å². The summed E-state index contributed by atoms with van der Waals surface area (Å²) >= 11 is 5.63. The van der Waals surface area contributed by atoms with Crippen molar-refractivity contribution in [2.24, 2.45) is 0 Å². The van der Waals surface area contributed by atoms with Crippen LogP contribution in [0.25, 0.3) is 0 Å². The Morgan fingerprint density at radius 3 is 2.84 bits per heavy atom. The normalized spacial score (nSPS) is 10.3. The highest BCUT2D eigenvalue weighted by Gasteiger charge is 2.06. The van der Waals surface area contributed by atoms with Gasteiger partial charge in [0.2, 0.25) is 5.88 Å². The van der Waals surface area contributed by atoms with E-state index in [1.807, 2.05) is 6.07 Å². The Morgan fingerprint density at radius 2 is 2.21 bits per heavy atom. The maximum atomic E-state index is 13.3. The number of rotatable bonds is 4. The Hall–Kier alpha value is -2.01. The van der Waals surface area contributed by atoms with Crippen molar-refractivity contribution in [1.82, 2.24) is 4.98 Å². The van der Waals surface area contributed by atoms with Crippen LogP contribution in [0.3, 0.4) is 0 Å². The highest BCUT2D eigenvalue weighted by Crippen LogP contribution is 2.26. The number of hydrogen-bond acceptors (Lipinski definition) is 4. The molecule has 0 aliphatic carbocycles. The molecule has 1 aromatic heterocycles. The lowest BCUT2D eigenvalue weighted by molar-refractivity contribution is 0.397. The van der Waals surface area contributed by atoms with Gasteiger partial charge < -0.3 is 15.8 Å². The first-order chi connectivity index (χ1) is 9.10. The number of ether oxygens (including phenoxy) is 1. The number of hydrogen-bond donors (Lipinski definition) is 2. The monoisotopic (exact) mass is 281 g/mol. The molecule has 4 nitrogen and oxygen atoms in total. The molecule has 100 valence electrons. The molecule has 1 heterocycles. The third-order valence-corrected chi connectivity index (χ3v) is 2.87. The van der Waals surface area contributed by atoms with Crippen molar-refractivity contribution in [2.75, 3.05) is 18.2 Å². The largest absolute Gasteiger partial charge is 0.481 e.